The minimum Gasteiger partial charge on any atom is -0.329 e. The number of nitrogens with zero attached hydrogens (tertiary/aromatic N) is 2. The van der Waals surface area contributed by atoms with Crippen molar-refractivity contribution in [1.82, 2.24) is 9.80 Å². The lowest BCUT2D eigenvalue weighted by atomic mass is 9.67. The lowest BCUT2D eigenvalue weighted by Crippen LogP contribution is -2.66. The first-order chi connectivity index (χ1) is 9.17. The minimum atomic E-state index is 0.298. The molecule has 4 atom stereocenters. The molecule has 0 aromatic rings. The molecule has 0 aromatic heterocycles. The maximum absolute atomic E-state index is 6.30. The standard InChI is InChI=1S/C16H31N3/c1-13-5-3-7-16(12-17,14(13)2)19-10-9-18-8-4-6-15(18)11-19/h13-15H,3-12,17H2,1-2H3. The number of rotatable bonds is 2. The summed E-state index contributed by atoms with van der Waals surface area (Å²) in [6, 6.07) is 0.821. The summed E-state index contributed by atoms with van der Waals surface area (Å²) in [6.07, 6.45) is 6.89. The molecule has 0 amide bonds. The van der Waals surface area contributed by atoms with Crippen LogP contribution in [0.1, 0.15) is 46.0 Å². The van der Waals surface area contributed by atoms with Gasteiger partial charge in [0.05, 0.1) is 0 Å². The molecule has 1 aliphatic carbocycles. The fraction of sp³-hybridized carbons (Fsp3) is 1.00. The first kappa shape index (κ1) is 13.8. The topological polar surface area (TPSA) is 32.5 Å². The molecule has 0 bridgehead atoms. The number of hydrogen-bond donors (Lipinski definition) is 1. The molecule has 110 valence electrons. The lowest BCUT2D eigenvalue weighted by Gasteiger charge is -2.55. The van der Waals surface area contributed by atoms with Crippen LogP contribution in [0.3, 0.4) is 0 Å². The summed E-state index contributed by atoms with van der Waals surface area (Å²) in [5.41, 5.74) is 6.60. The molecule has 2 heterocycles. The van der Waals surface area contributed by atoms with Gasteiger partial charge in [0.25, 0.3) is 0 Å². The van der Waals surface area contributed by atoms with Gasteiger partial charge in [0.2, 0.25) is 0 Å². The molecule has 3 nitrogen and oxygen atoms in total. The second kappa shape index (κ2) is 5.34. The summed E-state index contributed by atoms with van der Waals surface area (Å²) < 4.78 is 0. The van der Waals surface area contributed by atoms with Crippen LogP contribution in [-0.4, -0.2) is 54.1 Å². The summed E-state index contributed by atoms with van der Waals surface area (Å²) in [7, 11) is 0. The molecular weight excluding hydrogens is 234 g/mol. The fourth-order valence-electron chi connectivity index (χ4n) is 5.00. The minimum absolute atomic E-state index is 0.298. The molecule has 0 spiro atoms. The van der Waals surface area contributed by atoms with Crippen molar-refractivity contribution in [2.75, 3.05) is 32.7 Å². The third-order valence-electron chi connectivity index (χ3n) is 6.54. The highest BCUT2D eigenvalue weighted by Crippen LogP contribution is 2.42. The highest BCUT2D eigenvalue weighted by molar-refractivity contribution is 5.03. The van der Waals surface area contributed by atoms with Crippen molar-refractivity contribution in [3.63, 3.8) is 0 Å². The van der Waals surface area contributed by atoms with Gasteiger partial charge in [-0.2, -0.15) is 0 Å². The van der Waals surface area contributed by atoms with Gasteiger partial charge < -0.3 is 5.73 Å². The Kier molecular flexibility index (Phi) is 3.89. The Morgan fingerprint density at radius 3 is 2.74 bits per heavy atom. The van der Waals surface area contributed by atoms with Crippen molar-refractivity contribution in [2.24, 2.45) is 17.6 Å². The Balaban J connectivity index is 1.77. The van der Waals surface area contributed by atoms with E-state index in [0.717, 1.165) is 24.4 Å². The van der Waals surface area contributed by atoms with Crippen molar-refractivity contribution >= 4 is 0 Å². The lowest BCUT2D eigenvalue weighted by molar-refractivity contribution is -0.0473. The molecule has 3 rings (SSSR count). The SMILES string of the molecule is CC1CCCC(CN)(N2CCN3CCCC3C2)C1C. The van der Waals surface area contributed by atoms with Crippen molar-refractivity contribution in [2.45, 2.75) is 57.5 Å². The quantitative estimate of drug-likeness (QED) is 0.828. The van der Waals surface area contributed by atoms with Gasteiger partial charge in [-0.1, -0.05) is 26.7 Å². The second-order valence-corrected chi connectivity index (χ2v) is 7.24. The first-order valence-corrected chi connectivity index (χ1v) is 8.36. The Labute approximate surface area is 118 Å². The monoisotopic (exact) mass is 265 g/mol. The summed E-state index contributed by atoms with van der Waals surface area (Å²) >= 11 is 0. The fourth-order valence-corrected chi connectivity index (χ4v) is 5.00. The zero-order valence-electron chi connectivity index (χ0n) is 12.8. The average molecular weight is 265 g/mol. The van der Waals surface area contributed by atoms with E-state index in [2.05, 4.69) is 23.6 Å². The molecule has 0 radical (unpaired) electrons. The van der Waals surface area contributed by atoms with E-state index in [9.17, 15) is 0 Å². The average Bonchev–Trinajstić information content (AvgIpc) is 2.89. The van der Waals surface area contributed by atoms with Gasteiger partial charge in [-0.25, -0.2) is 0 Å². The molecule has 0 aromatic carbocycles. The van der Waals surface area contributed by atoms with Gasteiger partial charge in [-0.15, -0.1) is 0 Å². The van der Waals surface area contributed by atoms with Gasteiger partial charge in [0, 0.05) is 37.8 Å². The van der Waals surface area contributed by atoms with E-state index in [-0.39, 0.29) is 0 Å². The number of fused-ring (bicyclic) bond motifs is 1. The Morgan fingerprint density at radius 1 is 1.11 bits per heavy atom. The molecule has 3 aliphatic rings. The maximum Gasteiger partial charge on any atom is 0.0360 e. The van der Waals surface area contributed by atoms with Crippen LogP contribution < -0.4 is 5.73 Å². The van der Waals surface area contributed by atoms with E-state index in [0.29, 0.717) is 5.54 Å². The van der Waals surface area contributed by atoms with E-state index < -0.39 is 0 Å². The molecule has 2 aliphatic heterocycles. The highest BCUT2D eigenvalue weighted by atomic mass is 15.3. The zero-order valence-corrected chi connectivity index (χ0v) is 12.8. The molecule has 3 fully saturated rings. The largest absolute Gasteiger partial charge is 0.329 e. The van der Waals surface area contributed by atoms with Crippen molar-refractivity contribution in [1.29, 1.82) is 0 Å². The molecule has 1 saturated carbocycles. The molecule has 3 heteroatoms. The van der Waals surface area contributed by atoms with Crippen LogP contribution in [0, 0.1) is 11.8 Å². The number of piperazine rings is 1. The molecule has 4 unspecified atom stereocenters. The van der Waals surface area contributed by atoms with E-state index >= 15 is 0 Å². The van der Waals surface area contributed by atoms with Crippen LogP contribution in [-0.2, 0) is 0 Å². The van der Waals surface area contributed by atoms with Gasteiger partial charge in [-0.05, 0) is 37.6 Å². The van der Waals surface area contributed by atoms with Gasteiger partial charge >= 0.3 is 0 Å². The number of hydrogen-bond acceptors (Lipinski definition) is 3. The van der Waals surface area contributed by atoms with E-state index in [1.54, 1.807) is 0 Å². The Morgan fingerprint density at radius 2 is 1.95 bits per heavy atom. The third-order valence-corrected chi connectivity index (χ3v) is 6.54. The van der Waals surface area contributed by atoms with Crippen LogP contribution in [0.5, 0.6) is 0 Å². The first-order valence-electron chi connectivity index (χ1n) is 8.36. The highest BCUT2D eigenvalue weighted by Gasteiger charge is 2.47. The third kappa shape index (κ3) is 2.24. The van der Waals surface area contributed by atoms with E-state index in [1.165, 1.54) is 58.3 Å². The Bertz CT molecular complexity index is 319. The Hall–Kier alpha value is -0.120. The summed E-state index contributed by atoms with van der Waals surface area (Å²) in [5.74, 6) is 1.58. The van der Waals surface area contributed by atoms with Gasteiger partial charge in [0.15, 0.2) is 0 Å². The van der Waals surface area contributed by atoms with Crippen LogP contribution in [0.25, 0.3) is 0 Å². The van der Waals surface area contributed by atoms with E-state index in [4.69, 9.17) is 5.73 Å². The van der Waals surface area contributed by atoms with Gasteiger partial charge in [-0.3, -0.25) is 9.80 Å². The van der Waals surface area contributed by atoms with E-state index in [1.807, 2.05) is 0 Å². The summed E-state index contributed by atoms with van der Waals surface area (Å²) in [6.45, 7) is 10.9. The van der Waals surface area contributed by atoms with Crippen LogP contribution in [0.15, 0.2) is 0 Å². The van der Waals surface area contributed by atoms with Crippen LogP contribution in [0.2, 0.25) is 0 Å². The maximum atomic E-state index is 6.30. The molecular formula is C16H31N3. The summed E-state index contributed by atoms with van der Waals surface area (Å²) in [4.78, 5) is 5.50. The van der Waals surface area contributed by atoms with Crippen molar-refractivity contribution < 1.29 is 0 Å². The van der Waals surface area contributed by atoms with Crippen LogP contribution >= 0.6 is 0 Å². The predicted octanol–water partition coefficient (Wildman–Crippen LogP) is 1.92. The summed E-state index contributed by atoms with van der Waals surface area (Å²) in [5, 5.41) is 0. The normalized spacial score (nSPS) is 45.3. The molecule has 2 saturated heterocycles. The van der Waals surface area contributed by atoms with Gasteiger partial charge in [0.1, 0.15) is 0 Å². The molecule has 19 heavy (non-hydrogen) atoms. The predicted molar refractivity (Wildman–Crippen MR) is 80.1 cm³/mol. The smallest absolute Gasteiger partial charge is 0.0360 e. The zero-order chi connectivity index (χ0) is 13.5. The van der Waals surface area contributed by atoms with Crippen LogP contribution in [0.4, 0.5) is 0 Å². The second-order valence-electron chi connectivity index (χ2n) is 7.24. The van der Waals surface area contributed by atoms with Crippen molar-refractivity contribution in [3.8, 4) is 0 Å². The van der Waals surface area contributed by atoms with Crippen molar-refractivity contribution in [3.05, 3.63) is 0 Å². The molecule has 2 N–H and O–H groups in total. The number of nitrogens with two attached hydrogens (primary N) is 1.